The molecule has 4 nitrogen and oxygen atoms in total. The lowest BCUT2D eigenvalue weighted by Gasteiger charge is -2.36. The third-order valence-corrected chi connectivity index (χ3v) is 2.98. The molecule has 0 aliphatic carbocycles. The second kappa shape index (κ2) is 5.30. The van der Waals surface area contributed by atoms with Gasteiger partial charge in [-0.25, -0.2) is 4.79 Å². The van der Waals surface area contributed by atoms with E-state index in [4.69, 9.17) is 5.73 Å². The molecule has 0 radical (unpaired) electrons. The number of nitrogens with zero attached hydrogens (tertiary/aromatic N) is 1. The zero-order chi connectivity index (χ0) is 15.8. The molecule has 1 amide bonds. The quantitative estimate of drug-likeness (QED) is 0.757. The first-order valence-electron chi connectivity index (χ1n) is 5.71. The predicted molar refractivity (Wildman–Crippen MR) is 55.8 cm³/mol. The Morgan fingerprint density at radius 2 is 1.55 bits per heavy atom. The van der Waals surface area contributed by atoms with Gasteiger partial charge in [0.15, 0.2) is 0 Å². The first kappa shape index (κ1) is 16.9. The molecule has 1 saturated heterocycles. The molecule has 2 N–H and O–H groups in total. The number of rotatable bonds is 1. The maximum absolute atomic E-state index is 12.2. The Balaban J connectivity index is 2.69. The van der Waals surface area contributed by atoms with Crippen LogP contribution < -0.4 is 5.73 Å². The molecule has 20 heavy (non-hydrogen) atoms. The monoisotopic (exact) mass is 308 g/mol. The van der Waals surface area contributed by atoms with Gasteiger partial charge in [0.05, 0.1) is 0 Å². The van der Waals surface area contributed by atoms with Crippen LogP contribution in [0.1, 0.15) is 19.8 Å². The van der Waals surface area contributed by atoms with Crippen molar-refractivity contribution in [3.63, 3.8) is 0 Å². The molecule has 1 rings (SSSR count). The summed E-state index contributed by atoms with van der Waals surface area (Å²) in [6.07, 6.45) is -16.6. The SMILES string of the molecule is CC1(N)CCN(C(=O)OC(C(F)(F)F)C(F)(F)F)CC1. The highest BCUT2D eigenvalue weighted by atomic mass is 19.4. The fraction of sp³-hybridized carbons (Fsp3) is 0.900. The van der Waals surface area contributed by atoms with E-state index in [1.54, 1.807) is 6.92 Å². The summed E-state index contributed by atoms with van der Waals surface area (Å²) in [5.74, 6) is 0. The van der Waals surface area contributed by atoms with E-state index >= 15 is 0 Å². The Labute approximate surface area is 110 Å². The average Bonchev–Trinajstić information content (AvgIpc) is 2.22. The Bertz CT molecular complexity index is 342. The van der Waals surface area contributed by atoms with Gasteiger partial charge in [-0.1, -0.05) is 0 Å². The zero-order valence-electron chi connectivity index (χ0n) is 10.5. The minimum Gasteiger partial charge on any atom is -0.426 e. The highest BCUT2D eigenvalue weighted by molar-refractivity contribution is 5.68. The molecule has 0 spiro atoms. The molecule has 1 heterocycles. The predicted octanol–water partition coefficient (Wildman–Crippen LogP) is 2.43. The van der Waals surface area contributed by atoms with Crippen molar-refractivity contribution in [1.82, 2.24) is 4.90 Å². The van der Waals surface area contributed by atoms with Gasteiger partial charge >= 0.3 is 18.4 Å². The third kappa shape index (κ3) is 4.43. The number of alkyl halides is 6. The van der Waals surface area contributed by atoms with Crippen LogP contribution in [0, 0.1) is 0 Å². The maximum atomic E-state index is 12.2. The van der Waals surface area contributed by atoms with E-state index < -0.39 is 30.1 Å². The van der Waals surface area contributed by atoms with E-state index in [0.29, 0.717) is 0 Å². The van der Waals surface area contributed by atoms with Crippen LogP contribution in [-0.4, -0.2) is 48.1 Å². The number of halogens is 6. The molecule has 118 valence electrons. The van der Waals surface area contributed by atoms with Crippen LogP contribution in [0.4, 0.5) is 31.1 Å². The van der Waals surface area contributed by atoms with Crippen LogP contribution in [-0.2, 0) is 4.74 Å². The first-order valence-corrected chi connectivity index (χ1v) is 5.71. The molecule has 0 aromatic rings. The van der Waals surface area contributed by atoms with Crippen molar-refractivity contribution < 1.29 is 35.9 Å². The highest BCUT2D eigenvalue weighted by Crippen LogP contribution is 2.36. The molecule has 0 aromatic heterocycles. The summed E-state index contributed by atoms with van der Waals surface area (Å²) in [4.78, 5) is 12.2. The normalized spacial score (nSPS) is 20.1. The lowest BCUT2D eigenvalue weighted by molar-refractivity contribution is -0.308. The maximum Gasteiger partial charge on any atom is 0.434 e. The van der Waals surface area contributed by atoms with Gasteiger partial charge in [0, 0.05) is 18.6 Å². The summed E-state index contributed by atoms with van der Waals surface area (Å²) in [5, 5.41) is 0. The third-order valence-electron chi connectivity index (χ3n) is 2.98. The lowest BCUT2D eigenvalue weighted by atomic mass is 9.91. The van der Waals surface area contributed by atoms with E-state index in [0.717, 1.165) is 4.90 Å². The van der Waals surface area contributed by atoms with Gasteiger partial charge in [0.25, 0.3) is 6.10 Å². The molecule has 1 aliphatic rings. The highest BCUT2D eigenvalue weighted by Gasteiger charge is 2.60. The molecule has 0 bridgehead atoms. The summed E-state index contributed by atoms with van der Waals surface area (Å²) >= 11 is 0. The van der Waals surface area contributed by atoms with Crippen LogP contribution in [0.3, 0.4) is 0 Å². The first-order chi connectivity index (χ1) is 8.83. The summed E-state index contributed by atoms with van der Waals surface area (Å²) < 4.78 is 77.0. The second-order valence-corrected chi connectivity index (χ2v) is 4.99. The van der Waals surface area contributed by atoms with Crippen molar-refractivity contribution in [2.45, 2.75) is 43.8 Å². The standard InChI is InChI=1S/C10H14F6N2O2/c1-8(17)2-4-18(5-3-8)7(19)20-6(9(11,12)13)10(14,15)16/h6H,2-5,17H2,1H3. The Morgan fingerprint density at radius 3 is 1.90 bits per heavy atom. The lowest BCUT2D eigenvalue weighted by Crippen LogP contribution is -2.53. The van der Waals surface area contributed by atoms with Crippen molar-refractivity contribution in [1.29, 1.82) is 0 Å². The smallest absolute Gasteiger partial charge is 0.426 e. The fourth-order valence-electron chi connectivity index (χ4n) is 1.69. The van der Waals surface area contributed by atoms with Crippen LogP contribution >= 0.6 is 0 Å². The molecule has 0 unspecified atom stereocenters. The van der Waals surface area contributed by atoms with Crippen LogP contribution in [0.15, 0.2) is 0 Å². The molecular formula is C10H14F6N2O2. The molecule has 0 saturated carbocycles. The molecule has 1 aliphatic heterocycles. The largest absolute Gasteiger partial charge is 0.434 e. The molecular weight excluding hydrogens is 294 g/mol. The van der Waals surface area contributed by atoms with Crippen molar-refractivity contribution in [2.24, 2.45) is 5.73 Å². The van der Waals surface area contributed by atoms with Crippen molar-refractivity contribution in [2.75, 3.05) is 13.1 Å². The van der Waals surface area contributed by atoms with E-state index in [1.165, 1.54) is 0 Å². The number of nitrogens with two attached hydrogens (primary N) is 1. The topological polar surface area (TPSA) is 55.6 Å². The van der Waals surface area contributed by atoms with Gasteiger partial charge in [-0.05, 0) is 19.8 Å². The summed E-state index contributed by atoms with van der Waals surface area (Å²) in [5.41, 5.74) is 5.15. The Kier molecular flexibility index (Phi) is 4.47. The summed E-state index contributed by atoms with van der Waals surface area (Å²) in [7, 11) is 0. The molecule has 0 atom stereocenters. The van der Waals surface area contributed by atoms with Gasteiger partial charge in [0.2, 0.25) is 0 Å². The zero-order valence-corrected chi connectivity index (χ0v) is 10.5. The van der Waals surface area contributed by atoms with Gasteiger partial charge in [-0.15, -0.1) is 0 Å². The number of hydrogen-bond donors (Lipinski definition) is 1. The van der Waals surface area contributed by atoms with E-state index in [9.17, 15) is 31.1 Å². The minimum absolute atomic E-state index is 0.0474. The van der Waals surface area contributed by atoms with Crippen LogP contribution in [0.25, 0.3) is 0 Å². The van der Waals surface area contributed by atoms with Crippen molar-refractivity contribution >= 4 is 6.09 Å². The fourth-order valence-corrected chi connectivity index (χ4v) is 1.69. The summed E-state index contributed by atoms with van der Waals surface area (Å²) in [6, 6.07) is 0. The van der Waals surface area contributed by atoms with E-state index in [2.05, 4.69) is 4.74 Å². The Morgan fingerprint density at radius 1 is 1.15 bits per heavy atom. The van der Waals surface area contributed by atoms with Crippen molar-refractivity contribution in [3.05, 3.63) is 0 Å². The number of carbonyl (C=O) groups excluding carboxylic acids is 1. The van der Waals surface area contributed by atoms with Gasteiger partial charge in [0.1, 0.15) is 0 Å². The average molecular weight is 308 g/mol. The van der Waals surface area contributed by atoms with E-state index in [1.807, 2.05) is 0 Å². The number of carbonyl (C=O) groups is 1. The number of likely N-dealkylation sites (tertiary alicyclic amines) is 1. The van der Waals surface area contributed by atoms with Crippen LogP contribution in [0.5, 0.6) is 0 Å². The van der Waals surface area contributed by atoms with E-state index in [-0.39, 0.29) is 25.9 Å². The van der Waals surface area contributed by atoms with Crippen LogP contribution in [0.2, 0.25) is 0 Å². The summed E-state index contributed by atoms with van der Waals surface area (Å²) in [6.45, 7) is 1.59. The van der Waals surface area contributed by atoms with Gasteiger partial charge in [-0.2, -0.15) is 26.3 Å². The minimum atomic E-state index is -5.70. The van der Waals surface area contributed by atoms with Gasteiger partial charge in [-0.3, -0.25) is 0 Å². The molecule has 10 heteroatoms. The second-order valence-electron chi connectivity index (χ2n) is 4.99. The number of hydrogen-bond acceptors (Lipinski definition) is 3. The van der Waals surface area contributed by atoms with Gasteiger partial charge < -0.3 is 15.4 Å². The molecule has 1 fully saturated rings. The number of ether oxygens (including phenoxy) is 1. The number of piperidine rings is 1. The molecule has 0 aromatic carbocycles. The number of amides is 1. The Hall–Kier alpha value is -1.19. The van der Waals surface area contributed by atoms with Crippen molar-refractivity contribution in [3.8, 4) is 0 Å².